The molecule has 4 nitrogen and oxygen atoms in total. The van der Waals surface area contributed by atoms with Gasteiger partial charge in [-0.2, -0.15) is 0 Å². The zero-order chi connectivity index (χ0) is 12.4. The molecule has 0 aliphatic rings. The first-order chi connectivity index (χ1) is 8.08. The Balaban J connectivity index is 2.41. The fraction of sp³-hybridized carbons (Fsp3) is 0.0909. The molecule has 0 aliphatic carbocycles. The zero-order valence-electron chi connectivity index (χ0n) is 8.92. The Hall–Kier alpha value is -1.14. The van der Waals surface area contributed by atoms with E-state index in [2.05, 4.69) is 47.1 Å². The number of nitrogens with one attached hydrogen (secondary N) is 2. The Morgan fingerprint density at radius 3 is 2.88 bits per heavy atom. The lowest BCUT2D eigenvalue weighted by molar-refractivity contribution is 1.10. The highest BCUT2D eigenvalue weighted by atomic mass is 79.9. The van der Waals surface area contributed by atoms with E-state index in [0.29, 0.717) is 10.3 Å². The number of aromatic nitrogens is 2. The summed E-state index contributed by atoms with van der Waals surface area (Å²) in [6.07, 6.45) is 1.36. The number of benzene rings is 1. The third-order valence-corrected chi connectivity index (χ3v) is 3.60. The summed E-state index contributed by atoms with van der Waals surface area (Å²) in [5.41, 5.74) is 1.77. The lowest BCUT2D eigenvalue weighted by atomic mass is 10.2. The molecule has 0 fully saturated rings. The van der Waals surface area contributed by atoms with Crippen LogP contribution in [0.25, 0.3) is 0 Å². The first-order valence-electron chi connectivity index (χ1n) is 4.84. The summed E-state index contributed by atoms with van der Waals surface area (Å²) in [6, 6.07) is 5.91. The predicted octanol–water partition coefficient (Wildman–Crippen LogP) is 3.35. The highest BCUT2D eigenvalue weighted by Gasteiger charge is 2.07. The van der Waals surface area contributed by atoms with Gasteiger partial charge in [-0.05, 0) is 56.5 Å². The van der Waals surface area contributed by atoms with Crippen molar-refractivity contribution >= 4 is 43.4 Å². The molecule has 1 aromatic heterocycles. The third-order valence-electron chi connectivity index (χ3n) is 2.17. The second-order valence-electron chi connectivity index (χ2n) is 3.50. The maximum absolute atomic E-state index is 11.4. The van der Waals surface area contributed by atoms with Crippen LogP contribution in [0.2, 0.25) is 0 Å². The summed E-state index contributed by atoms with van der Waals surface area (Å²) in [4.78, 5) is 17.9. The Kier molecular flexibility index (Phi) is 3.63. The van der Waals surface area contributed by atoms with Crippen molar-refractivity contribution in [1.29, 1.82) is 0 Å². The number of nitrogens with zero attached hydrogens (tertiary/aromatic N) is 1. The molecule has 2 aromatic rings. The van der Waals surface area contributed by atoms with Crippen LogP contribution in [0.5, 0.6) is 0 Å². The van der Waals surface area contributed by atoms with E-state index in [4.69, 9.17) is 0 Å². The van der Waals surface area contributed by atoms with Gasteiger partial charge in [0.15, 0.2) is 5.82 Å². The molecular formula is C11H9Br2N3O. The topological polar surface area (TPSA) is 57.8 Å². The molecule has 0 saturated heterocycles. The molecular weight excluding hydrogens is 350 g/mol. The largest absolute Gasteiger partial charge is 0.338 e. The van der Waals surface area contributed by atoms with Crippen LogP contribution >= 0.6 is 31.9 Å². The summed E-state index contributed by atoms with van der Waals surface area (Å²) in [7, 11) is 0. The van der Waals surface area contributed by atoms with Gasteiger partial charge >= 0.3 is 0 Å². The maximum Gasteiger partial charge on any atom is 0.267 e. The number of halogens is 2. The molecule has 17 heavy (non-hydrogen) atoms. The van der Waals surface area contributed by atoms with Gasteiger partial charge < -0.3 is 10.3 Å². The number of hydrogen-bond acceptors (Lipinski definition) is 3. The van der Waals surface area contributed by atoms with E-state index in [0.717, 1.165) is 15.7 Å². The second kappa shape index (κ2) is 5.01. The first kappa shape index (κ1) is 12.3. The summed E-state index contributed by atoms with van der Waals surface area (Å²) in [5.74, 6) is 0.486. The van der Waals surface area contributed by atoms with Gasteiger partial charge in [0.25, 0.3) is 5.56 Å². The average molecular weight is 359 g/mol. The smallest absolute Gasteiger partial charge is 0.267 e. The Morgan fingerprint density at radius 1 is 1.35 bits per heavy atom. The van der Waals surface area contributed by atoms with Crippen molar-refractivity contribution in [3.63, 3.8) is 0 Å². The van der Waals surface area contributed by atoms with Gasteiger partial charge in [0.2, 0.25) is 0 Å². The van der Waals surface area contributed by atoms with Gasteiger partial charge in [-0.3, -0.25) is 4.79 Å². The molecule has 0 bridgehead atoms. The number of rotatable bonds is 2. The number of aryl methyl sites for hydroxylation is 1. The Bertz CT molecular complexity index is 610. The summed E-state index contributed by atoms with van der Waals surface area (Å²) >= 11 is 6.64. The minimum absolute atomic E-state index is 0.216. The van der Waals surface area contributed by atoms with Gasteiger partial charge in [-0.25, -0.2) is 4.98 Å². The molecule has 88 valence electrons. The van der Waals surface area contributed by atoms with Crippen LogP contribution in [-0.4, -0.2) is 9.97 Å². The molecule has 0 aliphatic heterocycles. The highest BCUT2D eigenvalue weighted by Crippen LogP contribution is 2.27. The summed E-state index contributed by atoms with van der Waals surface area (Å²) in [5, 5.41) is 3.10. The molecule has 0 saturated carbocycles. The van der Waals surface area contributed by atoms with Crippen molar-refractivity contribution in [1.82, 2.24) is 9.97 Å². The zero-order valence-corrected chi connectivity index (χ0v) is 12.1. The predicted molar refractivity (Wildman–Crippen MR) is 74.7 cm³/mol. The quantitative estimate of drug-likeness (QED) is 0.865. The van der Waals surface area contributed by atoms with Gasteiger partial charge in [0, 0.05) is 4.47 Å². The van der Waals surface area contributed by atoms with Gasteiger partial charge in [0.1, 0.15) is 4.47 Å². The summed E-state index contributed by atoms with van der Waals surface area (Å²) in [6.45, 7) is 2.00. The fourth-order valence-electron chi connectivity index (χ4n) is 1.33. The third kappa shape index (κ3) is 2.76. The van der Waals surface area contributed by atoms with Crippen LogP contribution in [0.1, 0.15) is 5.56 Å². The average Bonchev–Trinajstić information content (AvgIpc) is 2.30. The first-order valence-corrected chi connectivity index (χ1v) is 6.43. The van der Waals surface area contributed by atoms with Crippen LogP contribution in [0, 0.1) is 6.92 Å². The molecule has 0 unspecified atom stereocenters. The van der Waals surface area contributed by atoms with E-state index >= 15 is 0 Å². The Morgan fingerprint density at radius 2 is 2.12 bits per heavy atom. The van der Waals surface area contributed by atoms with Crippen LogP contribution in [0.15, 0.2) is 38.3 Å². The molecule has 1 aromatic carbocycles. The fourth-order valence-corrected chi connectivity index (χ4v) is 1.99. The van der Waals surface area contributed by atoms with Crippen LogP contribution in [0.3, 0.4) is 0 Å². The van der Waals surface area contributed by atoms with Crippen molar-refractivity contribution in [2.45, 2.75) is 6.92 Å². The number of aromatic amines is 1. The van der Waals surface area contributed by atoms with Crippen LogP contribution in [0.4, 0.5) is 11.5 Å². The molecule has 0 amide bonds. The van der Waals surface area contributed by atoms with E-state index in [1.807, 2.05) is 25.1 Å². The maximum atomic E-state index is 11.4. The Labute approximate surface area is 115 Å². The van der Waals surface area contributed by atoms with E-state index in [1.165, 1.54) is 6.33 Å². The standard InChI is InChI=1S/C11H9Br2N3O/c1-6-2-3-7(12)8(4-6)16-10-9(13)11(17)15-5-14-10/h2-5H,1H3,(H2,14,15,16,17). The van der Waals surface area contributed by atoms with E-state index < -0.39 is 0 Å². The molecule has 2 N–H and O–H groups in total. The number of H-pyrrole nitrogens is 1. The minimum atomic E-state index is -0.216. The minimum Gasteiger partial charge on any atom is -0.338 e. The molecule has 1 heterocycles. The van der Waals surface area contributed by atoms with E-state index in [1.54, 1.807) is 0 Å². The molecule has 0 atom stereocenters. The molecule has 0 spiro atoms. The SMILES string of the molecule is Cc1ccc(Br)c(Nc2nc[nH]c(=O)c2Br)c1. The van der Waals surface area contributed by atoms with Crippen molar-refractivity contribution < 1.29 is 0 Å². The van der Waals surface area contributed by atoms with E-state index in [-0.39, 0.29) is 5.56 Å². The van der Waals surface area contributed by atoms with Crippen molar-refractivity contribution in [2.24, 2.45) is 0 Å². The van der Waals surface area contributed by atoms with Crippen molar-refractivity contribution in [2.75, 3.05) is 5.32 Å². The monoisotopic (exact) mass is 357 g/mol. The van der Waals surface area contributed by atoms with Crippen LogP contribution < -0.4 is 10.9 Å². The lowest BCUT2D eigenvalue weighted by Crippen LogP contribution is -2.10. The number of hydrogen-bond donors (Lipinski definition) is 2. The van der Waals surface area contributed by atoms with Gasteiger partial charge in [0.05, 0.1) is 12.0 Å². The number of anilines is 2. The van der Waals surface area contributed by atoms with Gasteiger partial charge in [-0.15, -0.1) is 0 Å². The highest BCUT2D eigenvalue weighted by molar-refractivity contribution is 9.11. The second-order valence-corrected chi connectivity index (χ2v) is 5.15. The molecule has 6 heteroatoms. The van der Waals surface area contributed by atoms with Crippen molar-refractivity contribution in [3.05, 3.63) is 49.4 Å². The van der Waals surface area contributed by atoms with Gasteiger partial charge in [-0.1, -0.05) is 6.07 Å². The van der Waals surface area contributed by atoms with E-state index in [9.17, 15) is 4.79 Å². The van der Waals surface area contributed by atoms with Crippen molar-refractivity contribution in [3.8, 4) is 0 Å². The summed E-state index contributed by atoms with van der Waals surface area (Å²) < 4.78 is 1.30. The molecule has 0 radical (unpaired) electrons. The molecule has 2 rings (SSSR count). The van der Waals surface area contributed by atoms with Crippen LogP contribution in [-0.2, 0) is 0 Å². The lowest BCUT2D eigenvalue weighted by Gasteiger charge is -2.09. The normalized spacial score (nSPS) is 10.3.